The maximum atomic E-state index is 12.4. The standard InChI is InChI=1S/C12H9ClF3N3/c13-10-5-9(7-1-2-7)18-19(10)11-4-3-8(6-17-11)12(14,15)16/h3-7H,1-2H2. The summed E-state index contributed by atoms with van der Waals surface area (Å²) in [4.78, 5) is 3.77. The average Bonchev–Trinajstić information content (AvgIpc) is 3.12. The average molecular weight is 288 g/mol. The minimum absolute atomic E-state index is 0.282. The summed E-state index contributed by atoms with van der Waals surface area (Å²) in [5.74, 6) is 0.707. The molecule has 1 saturated carbocycles. The van der Waals surface area contributed by atoms with Gasteiger partial charge in [0.05, 0.1) is 11.3 Å². The quantitative estimate of drug-likeness (QED) is 0.841. The lowest BCUT2D eigenvalue weighted by atomic mass is 10.3. The molecule has 3 nitrogen and oxygen atoms in total. The van der Waals surface area contributed by atoms with Crippen molar-refractivity contribution in [3.8, 4) is 5.82 Å². The second-order valence-electron chi connectivity index (χ2n) is 4.48. The third-order valence-electron chi connectivity index (χ3n) is 2.97. The van der Waals surface area contributed by atoms with Gasteiger partial charge in [0.1, 0.15) is 5.15 Å². The number of aromatic nitrogens is 3. The first-order chi connectivity index (χ1) is 8.95. The molecule has 2 aromatic heterocycles. The van der Waals surface area contributed by atoms with E-state index in [1.165, 1.54) is 10.7 Å². The molecule has 19 heavy (non-hydrogen) atoms. The van der Waals surface area contributed by atoms with Gasteiger partial charge in [0, 0.05) is 12.1 Å². The molecule has 7 heteroatoms. The van der Waals surface area contributed by atoms with Gasteiger partial charge in [0.2, 0.25) is 0 Å². The van der Waals surface area contributed by atoms with E-state index in [4.69, 9.17) is 11.6 Å². The van der Waals surface area contributed by atoms with Crippen molar-refractivity contribution in [2.45, 2.75) is 24.9 Å². The van der Waals surface area contributed by atoms with Crippen molar-refractivity contribution in [1.82, 2.24) is 14.8 Å². The molecule has 1 fully saturated rings. The second-order valence-corrected chi connectivity index (χ2v) is 4.87. The lowest BCUT2D eigenvalue weighted by molar-refractivity contribution is -0.137. The zero-order valence-corrected chi connectivity index (χ0v) is 10.4. The van der Waals surface area contributed by atoms with Crippen LogP contribution in [0.5, 0.6) is 0 Å². The van der Waals surface area contributed by atoms with Crippen LogP contribution in [0.2, 0.25) is 5.15 Å². The van der Waals surface area contributed by atoms with Crippen molar-refractivity contribution in [3.63, 3.8) is 0 Å². The highest BCUT2D eigenvalue weighted by atomic mass is 35.5. The molecule has 2 heterocycles. The Kier molecular flexibility index (Phi) is 2.78. The van der Waals surface area contributed by atoms with Crippen molar-refractivity contribution in [2.75, 3.05) is 0 Å². The van der Waals surface area contributed by atoms with E-state index in [2.05, 4.69) is 10.1 Å². The van der Waals surface area contributed by atoms with Gasteiger partial charge in [-0.15, -0.1) is 0 Å². The summed E-state index contributed by atoms with van der Waals surface area (Å²) in [5, 5.41) is 4.63. The maximum Gasteiger partial charge on any atom is 0.417 e. The minimum atomic E-state index is -4.39. The Balaban J connectivity index is 1.93. The molecule has 0 unspecified atom stereocenters. The fourth-order valence-corrected chi connectivity index (χ4v) is 2.03. The van der Waals surface area contributed by atoms with Crippen molar-refractivity contribution < 1.29 is 13.2 Å². The van der Waals surface area contributed by atoms with Crippen molar-refractivity contribution in [1.29, 1.82) is 0 Å². The third kappa shape index (κ3) is 2.45. The van der Waals surface area contributed by atoms with Crippen LogP contribution in [0.1, 0.15) is 30.0 Å². The fourth-order valence-electron chi connectivity index (χ4n) is 1.79. The molecule has 0 aliphatic heterocycles. The summed E-state index contributed by atoms with van der Waals surface area (Å²) in [7, 11) is 0. The van der Waals surface area contributed by atoms with Crippen LogP contribution in [-0.4, -0.2) is 14.8 Å². The van der Waals surface area contributed by atoms with Gasteiger partial charge in [-0.3, -0.25) is 0 Å². The fraction of sp³-hybridized carbons (Fsp3) is 0.333. The lowest BCUT2D eigenvalue weighted by Crippen LogP contribution is -2.07. The molecule has 0 aromatic carbocycles. The Morgan fingerprint density at radius 3 is 2.53 bits per heavy atom. The molecule has 100 valence electrons. The van der Waals surface area contributed by atoms with Gasteiger partial charge in [0.15, 0.2) is 5.82 Å². The van der Waals surface area contributed by atoms with Crippen LogP contribution in [0.3, 0.4) is 0 Å². The summed E-state index contributed by atoms with van der Waals surface area (Å²) < 4.78 is 38.6. The van der Waals surface area contributed by atoms with Crippen LogP contribution < -0.4 is 0 Å². The normalized spacial score (nSPS) is 15.8. The molecule has 1 aliphatic rings. The molecular weight excluding hydrogens is 279 g/mol. The van der Waals surface area contributed by atoms with Gasteiger partial charge in [-0.2, -0.15) is 18.3 Å². The van der Waals surface area contributed by atoms with E-state index in [0.29, 0.717) is 11.1 Å². The maximum absolute atomic E-state index is 12.4. The van der Waals surface area contributed by atoms with Crippen molar-refractivity contribution in [3.05, 3.63) is 40.8 Å². The molecule has 2 aromatic rings. The van der Waals surface area contributed by atoms with E-state index in [0.717, 1.165) is 30.8 Å². The lowest BCUT2D eigenvalue weighted by Gasteiger charge is -2.07. The number of rotatable bonds is 2. The highest BCUT2D eigenvalue weighted by Gasteiger charge is 2.31. The Morgan fingerprint density at radius 2 is 2.00 bits per heavy atom. The Hall–Kier alpha value is -1.56. The summed E-state index contributed by atoms with van der Waals surface area (Å²) in [5.41, 5.74) is 0.0774. The number of nitrogens with zero attached hydrogens (tertiary/aromatic N) is 3. The Morgan fingerprint density at radius 1 is 1.26 bits per heavy atom. The van der Waals surface area contributed by atoms with E-state index in [1.807, 2.05) is 0 Å². The molecule has 0 saturated heterocycles. The van der Waals surface area contributed by atoms with Crippen LogP contribution >= 0.6 is 11.6 Å². The zero-order chi connectivity index (χ0) is 13.6. The SMILES string of the molecule is FC(F)(F)c1ccc(-n2nc(C3CC3)cc2Cl)nc1. The van der Waals surface area contributed by atoms with Crippen molar-refractivity contribution >= 4 is 11.6 Å². The monoisotopic (exact) mass is 287 g/mol. The molecule has 0 atom stereocenters. The molecular formula is C12H9ClF3N3. The minimum Gasteiger partial charge on any atom is -0.236 e. The molecule has 0 spiro atoms. The third-order valence-corrected chi connectivity index (χ3v) is 3.24. The summed E-state index contributed by atoms with van der Waals surface area (Å²) in [6.45, 7) is 0. The topological polar surface area (TPSA) is 30.7 Å². The van der Waals surface area contributed by atoms with Gasteiger partial charge < -0.3 is 0 Å². The summed E-state index contributed by atoms with van der Waals surface area (Å²) >= 11 is 6.02. The number of halogens is 4. The number of alkyl halides is 3. The molecule has 0 N–H and O–H groups in total. The van der Waals surface area contributed by atoms with E-state index >= 15 is 0 Å². The predicted molar refractivity (Wildman–Crippen MR) is 63.3 cm³/mol. The van der Waals surface area contributed by atoms with Crippen molar-refractivity contribution in [2.24, 2.45) is 0 Å². The largest absolute Gasteiger partial charge is 0.417 e. The van der Waals surface area contributed by atoms with E-state index in [1.54, 1.807) is 6.07 Å². The highest BCUT2D eigenvalue weighted by molar-refractivity contribution is 6.29. The number of hydrogen-bond donors (Lipinski definition) is 0. The zero-order valence-electron chi connectivity index (χ0n) is 9.65. The van der Waals surface area contributed by atoms with E-state index < -0.39 is 11.7 Å². The molecule has 0 bridgehead atoms. The molecule has 0 radical (unpaired) electrons. The van der Waals surface area contributed by atoms with Gasteiger partial charge in [-0.05, 0) is 31.0 Å². The smallest absolute Gasteiger partial charge is 0.236 e. The first-order valence-corrected chi connectivity index (χ1v) is 6.12. The van der Waals surface area contributed by atoms with Gasteiger partial charge in [0.25, 0.3) is 0 Å². The van der Waals surface area contributed by atoms with Crippen LogP contribution in [0.25, 0.3) is 5.82 Å². The second kappa shape index (κ2) is 4.23. The van der Waals surface area contributed by atoms with E-state index in [9.17, 15) is 13.2 Å². The first-order valence-electron chi connectivity index (χ1n) is 5.74. The predicted octanol–water partition coefficient (Wildman–Crippen LogP) is 3.82. The molecule has 3 rings (SSSR count). The van der Waals surface area contributed by atoms with Gasteiger partial charge >= 0.3 is 6.18 Å². The van der Waals surface area contributed by atoms with E-state index in [-0.39, 0.29) is 5.82 Å². The summed E-state index contributed by atoms with van der Waals surface area (Å²) in [6.07, 6.45) is -1.45. The summed E-state index contributed by atoms with van der Waals surface area (Å²) in [6, 6.07) is 3.97. The van der Waals surface area contributed by atoms with Gasteiger partial charge in [-0.25, -0.2) is 9.67 Å². The number of hydrogen-bond acceptors (Lipinski definition) is 2. The van der Waals surface area contributed by atoms with Crippen LogP contribution in [0.15, 0.2) is 24.4 Å². The van der Waals surface area contributed by atoms with Crippen LogP contribution in [0.4, 0.5) is 13.2 Å². The van der Waals surface area contributed by atoms with Crippen LogP contribution in [0, 0.1) is 0 Å². The highest BCUT2D eigenvalue weighted by Crippen LogP contribution is 2.40. The number of pyridine rings is 1. The Labute approximate surface area is 112 Å². The van der Waals surface area contributed by atoms with Gasteiger partial charge in [-0.1, -0.05) is 11.6 Å². The Bertz CT molecular complexity index is 600. The first kappa shape index (κ1) is 12.5. The molecule has 1 aliphatic carbocycles. The van der Waals surface area contributed by atoms with Crippen LogP contribution in [-0.2, 0) is 6.18 Å². The molecule has 0 amide bonds.